The number of hydrogen-bond acceptors (Lipinski definition) is 3. The van der Waals surface area contributed by atoms with Crippen LogP contribution in [-0.4, -0.2) is 41.1 Å². The Labute approximate surface area is 385 Å². The molecule has 0 fully saturated rings. The van der Waals surface area contributed by atoms with E-state index in [1.54, 1.807) is 4.40 Å². The van der Waals surface area contributed by atoms with Crippen LogP contribution in [0.5, 0.6) is 0 Å². The number of pyridine rings is 1. The summed E-state index contributed by atoms with van der Waals surface area (Å²) in [5, 5.41) is 2.62. The van der Waals surface area contributed by atoms with Gasteiger partial charge in [0.25, 0.3) is 0 Å². The summed E-state index contributed by atoms with van der Waals surface area (Å²) in [6.45, 7) is 9.23. The molecule has 9 rings (SSSR count). The molecule has 3 heterocycles. The van der Waals surface area contributed by atoms with Gasteiger partial charge in [0.1, 0.15) is 0 Å². The van der Waals surface area contributed by atoms with Crippen LogP contribution < -0.4 is 8.79 Å². The van der Waals surface area contributed by atoms with E-state index in [2.05, 4.69) is 193 Å². The predicted molar refractivity (Wildman–Crippen MR) is 266 cm³/mol. The van der Waals surface area contributed by atoms with E-state index >= 15 is 0 Å². The van der Waals surface area contributed by atoms with Crippen LogP contribution >= 0.6 is 11.3 Å². The average Bonchev–Trinajstić information content (AvgIpc) is 3.81. The topological polar surface area (TPSA) is 30.7 Å². The largest absolute Gasteiger partial charge is 0 e. The van der Waals surface area contributed by atoms with Crippen LogP contribution in [0.1, 0.15) is 50.7 Å². The molecule has 0 N–H and O–H groups in total. The van der Waals surface area contributed by atoms with Gasteiger partial charge in [-0.1, -0.05) is 58.0 Å². The van der Waals surface area contributed by atoms with Crippen molar-refractivity contribution in [3.05, 3.63) is 163 Å². The monoisotopic (exact) mass is 1120 g/mol. The van der Waals surface area contributed by atoms with E-state index in [4.69, 9.17) is 4.98 Å². The normalized spacial score (nSPS) is 11.9. The summed E-state index contributed by atoms with van der Waals surface area (Å²) >= 11 is -1.76. The summed E-state index contributed by atoms with van der Waals surface area (Å²) < 4.78 is 8.07. The number of rotatable bonds is 8. The molecule has 0 saturated heterocycles. The minimum atomic E-state index is -1.93. The molecule has 0 aliphatic heterocycles. The van der Waals surface area contributed by atoms with Crippen molar-refractivity contribution in [2.45, 2.75) is 74.1 Å². The number of thiophene rings is 1. The third-order valence-electron chi connectivity index (χ3n) is 11.4. The van der Waals surface area contributed by atoms with Crippen molar-refractivity contribution in [2.75, 3.05) is 0 Å². The molecule has 0 aliphatic rings. The SMILES string of the molecule is CC(C)c1cc(-c2ccccc2)cc(C(C)C)c1-n1c(-c2[c-]cc3sc4c[c]([Ge]([CH3])([CH3])[CH3])ccc4c3c2)nc2ccccc21.[CH3][Ge]([CH3])([CH3])[c]1ccc(-c2[c-]cccc2)nc1.[Ir]. The Balaban J connectivity index is 0.000000278. The molecule has 0 bridgehead atoms. The summed E-state index contributed by atoms with van der Waals surface area (Å²) in [6.07, 6.45) is 2.04. The Morgan fingerprint density at radius 2 is 1.25 bits per heavy atom. The van der Waals surface area contributed by atoms with Crippen LogP contribution in [0.4, 0.5) is 0 Å². The summed E-state index contributed by atoms with van der Waals surface area (Å²) in [7, 11) is 0. The Kier molecular flexibility index (Phi) is 13.5. The van der Waals surface area contributed by atoms with E-state index in [1.807, 2.05) is 41.8 Å². The number of benzene rings is 6. The van der Waals surface area contributed by atoms with E-state index < -0.39 is 26.5 Å². The van der Waals surface area contributed by atoms with Crippen molar-refractivity contribution in [3.8, 4) is 39.5 Å². The number of para-hydroxylation sites is 2. The molecule has 0 atom stereocenters. The van der Waals surface area contributed by atoms with Crippen LogP contribution in [0.25, 0.3) is 70.7 Å². The number of aromatic nitrogens is 3. The van der Waals surface area contributed by atoms with Gasteiger partial charge in [-0.2, -0.15) is 0 Å². The zero-order chi connectivity index (χ0) is 42.3. The average molecular weight is 1120 g/mol. The quantitative estimate of drug-likeness (QED) is 0.112. The fourth-order valence-electron chi connectivity index (χ4n) is 7.91. The van der Waals surface area contributed by atoms with Gasteiger partial charge >= 0.3 is 300 Å². The van der Waals surface area contributed by atoms with Crippen molar-refractivity contribution < 1.29 is 20.1 Å². The van der Waals surface area contributed by atoms with Crippen molar-refractivity contribution in [1.82, 2.24) is 14.5 Å². The second-order valence-electron chi connectivity index (χ2n) is 18.6. The van der Waals surface area contributed by atoms with Gasteiger partial charge in [0, 0.05) is 20.1 Å². The van der Waals surface area contributed by atoms with Crippen LogP contribution in [0, 0.1) is 12.1 Å². The van der Waals surface area contributed by atoms with Gasteiger partial charge in [-0.25, -0.2) is 0 Å². The zero-order valence-electron chi connectivity index (χ0n) is 37.0. The van der Waals surface area contributed by atoms with Gasteiger partial charge in [-0.15, -0.1) is 0 Å². The van der Waals surface area contributed by atoms with Gasteiger partial charge in [-0.3, -0.25) is 0 Å². The number of fused-ring (bicyclic) bond motifs is 4. The maximum atomic E-state index is 5.30. The molecular formula is C54H55Ge2IrN3S-2. The maximum absolute atomic E-state index is 5.30. The summed E-state index contributed by atoms with van der Waals surface area (Å²) in [5.74, 6) is 16.1. The predicted octanol–water partition coefficient (Wildman–Crippen LogP) is 14.4. The van der Waals surface area contributed by atoms with Crippen LogP contribution in [0.2, 0.25) is 34.5 Å². The Morgan fingerprint density at radius 1 is 0.590 bits per heavy atom. The van der Waals surface area contributed by atoms with Crippen molar-refractivity contribution >= 4 is 77.9 Å². The molecule has 0 unspecified atom stereocenters. The number of hydrogen-bond donors (Lipinski definition) is 0. The van der Waals surface area contributed by atoms with E-state index in [0.717, 1.165) is 33.7 Å². The molecular weight excluding hydrogens is 1060 g/mol. The molecule has 0 saturated carbocycles. The van der Waals surface area contributed by atoms with Crippen LogP contribution in [-0.2, 0) is 20.1 Å². The van der Waals surface area contributed by atoms with Crippen LogP contribution in [0.3, 0.4) is 0 Å². The number of imidazole rings is 1. The second kappa shape index (κ2) is 18.3. The molecule has 3 nitrogen and oxygen atoms in total. The minimum Gasteiger partial charge on any atom is 0 e. The molecule has 1 radical (unpaired) electrons. The maximum Gasteiger partial charge on any atom is 0 e. The smallest absolute Gasteiger partial charge is 0 e. The third-order valence-corrected chi connectivity index (χ3v) is 21.1. The van der Waals surface area contributed by atoms with Crippen LogP contribution in [0.15, 0.2) is 140 Å². The van der Waals surface area contributed by atoms with E-state index in [-0.39, 0.29) is 20.1 Å². The summed E-state index contributed by atoms with van der Waals surface area (Å²) in [6, 6.07) is 55.0. The standard InChI is InChI=1S/C40H39GeN2S.C14H16GeN.Ir/c1-25(2)32-22-29(27-13-9-8-10-14-27)23-33(26(3)4)39(32)43-36-16-12-11-15-35(36)42-40(43)28-17-20-37-34(21-28)31-19-18-30(41(5,6)7)24-38(31)44-37;1-15(2,3)13-9-10-14(16-11-13)12-7-5-4-6-8-12;/h8-16,18-26H,1-7H3;4-7,9-11H,1-3H3;/q2*-1;. The molecule has 0 aliphatic carbocycles. The Bertz CT molecular complexity index is 2910. The first-order valence-corrected chi connectivity index (χ1v) is 36.7. The zero-order valence-corrected chi connectivity index (χ0v) is 44.4. The van der Waals surface area contributed by atoms with Gasteiger partial charge in [-0.05, 0) is 11.1 Å². The van der Waals surface area contributed by atoms with E-state index in [1.165, 1.54) is 52.5 Å². The second-order valence-corrected chi connectivity index (χ2v) is 41.0. The van der Waals surface area contributed by atoms with Crippen molar-refractivity contribution in [2.24, 2.45) is 0 Å². The molecule has 61 heavy (non-hydrogen) atoms. The molecule has 9 aromatic rings. The van der Waals surface area contributed by atoms with Gasteiger partial charge in [0.05, 0.1) is 0 Å². The molecule has 0 spiro atoms. The van der Waals surface area contributed by atoms with E-state index in [9.17, 15) is 0 Å². The minimum absolute atomic E-state index is 0. The molecule has 3 aromatic heterocycles. The summed E-state index contributed by atoms with van der Waals surface area (Å²) in [4.78, 5) is 9.83. The first-order chi connectivity index (χ1) is 28.7. The first kappa shape index (κ1) is 44.9. The fraction of sp³-hybridized carbons (Fsp3) is 0.222. The van der Waals surface area contributed by atoms with Crippen molar-refractivity contribution in [3.63, 3.8) is 0 Å². The van der Waals surface area contributed by atoms with Crippen molar-refractivity contribution in [1.29, 1.82) is 0 Å². The summed E-state index contributed by atoms with van der Waals surface area (Å²) in [5.41, 5.74) is 11.7. The Morgan fingerprint density at radius 3 is 1.87 bits per heavy atom. The van der Waals surface area contributed by atoms with Gasteiger partial charge in [0.2, 0.25) is 0 Å². The van der Waals surface area contributed by atoms with Gasteiger partial charge < -0.3 is 0 Å². The fourth-order valence-corrected chi connectivity index (χ4v) is 13.8. The molecule has 311 valence electrons. The van der Waals surface area contributed by atoms with Gasteiger partial charge in [0.15, 0.2) is 0 Å². The first-order valence-electron chi connectivity index (χ1n) is 21.2. The molecule has 6 aromatic carbocycles. The molecule has 0 amide bonds. The third kappa shape index (κ3) is 9.48. The number of nitrogens with zero attached hydrogens (tertiary/aromatic N) is 3. The molecule has 7 heteroatoms. The Hall–Kier alpha value is -4.10. The van der Waals surface area contributed by atoms with E-state index in [0.29, 0.717) is 11.8 Å².